The highest BCUT2D eigenvalue weighted by Gasteiger charge is 2.27. The van der Waals surface area contributed by atoms with E-state index < -0.39 is 22.0 Å². The van der Waals surface area contributed by atoms with E-state index in [0.717, 1.165) is 5.56 Å². The first kappa shape index (κ1) is 23.7. The summed E-state index contributed by atoms with van der Waals surface area (Å²) in [5, 5.41) is 3.49. The van der Waals surface area contributed by atoms with Crippen molar-refractivity contribution in [2.45, 2.75) is 30.3 Å². The van der Waals surface area contributed by atoms with Crippen molar-refractivity contribution in [3.8, 4) is 11.5 Å². The lowest BCUT2D eigenvalue weighted by Crippen LogP contribution is -2.47. The molecule has 2 N–H and O–H groups in total. The van der Waals surface area contributed by atoms with Gasteiger partial charge < -0.3 is 14.8 Å². The molecule has 1 aliphatic heterocycles. The van der Waals surface area contributed by atoms with E-state index in [4.69, 9.17) is 21.1 Å². The Morgan fingerprint density at radius 3 is 2.48 bits per heavy atom. The molecular formula is C21H25ClN2O5S2. The fourth-order valence-corrected chi connectivity index (χ4v) is 4.92. The van der Waals surface area contributed by atoms with E-state index in [0.29, 0.717) is 41.9 Å². The van der Waals surface area contributed by atoms with E-state index >= 15 is 0 Å². The van der Waals surface area contributed by atoms with Gasteiger partial charge in [-0.15, -0.1) is 0 Å². The number of nitrogens with one attached hydrogen (secondary N) is 2. The zero-order valence-electron chi connectivity index (χ0n) is 17.3. The molecule has 10 heteroatoms. The normalized spacial score (nSPS) is 15.2. The van der Waals surface area contributed by atoms with Crippen molar-refractivity contribution < 1.29 is 22.7 Å². The van der Waals surface area contributed by atoms with Gasteiger partial charge in [0.1, 0.15) is 19.3 Å². The fourth-order valence-electron chi connectivity index (χ4n) is 3.07. The minimum atomic E-state index is -3.95. The second-order valence-electron chi connectivity index (χ2n) is 7.04. The maximum atomic E-state index is 13.0. The van der Waals surface area contributed by atoms with Gasteiger partial charge in [0.2, 0.25) is 15.9 Å². The SMILES string of the molecule is CSCCC(NS(=O)(=O)c1ccc2c(c1)OCCO2)C(=O)NC(C)c1ccc(Cl)cc1. The Labute approximate surface area is 191 Å². The summed E-state index contributed by atoms with van der Waals surface area (Å²) in [6.07, 6.45) is 2.25. The van der Waals surface area contributed by atoms with Crippen LogP contribution in [0.4, 0.5) is 0 Å². The van der Waals surface area contributed by atoms with Crippen LogP contribution in [-0.2, 0) is 14.8 Å². The summed E-state index contributed by atoms with van der Waals surface area (Å²) in [4.78, 5) is 12.9. The monoisotopic (exact) mass is 484 g/mol. The third kappa shape index (κ3) is 6.29. The number of fused-ring (bicyclic) bond motifs is 1. The molecule has 0 spiro atoms. The standard InChI is InChI=1S/C21H25ClN2O5S2/c1-14(15-3-5-16(22)6-4-15)23-21(25)18(9-12-30-2)24-31(26,27)17-7-8-19-20(13-17)29-11-10-28-19/h3-8,13-14,18,24H,9-12H2,1-2H3,(H,23,25). The van der Waals surface area contributed by atoms with Crippen LogP contribution in [0.2, 0.25) is 5.02 Å². The van der Waals surface area contributed by atoms with Crippen molar-refractivity contribution in [1.82, 2.24) is 10.0 Å². The average molecular weight is 485 g/mol. The van der Waals surface area contributed by atoms with Crippen LogP contribution >= 0.6 is 23.4 Å². The number of hydrogen-bond donors (Lipinski definition) is 2. The van der Waals surface area contributed by atoms with E-state index in [1.165, 1.54) is 23.9 Å². The summed E-state index contributed by atoms with van der Waals surface area (Å²) in [6, 6.07) is 10.3. The minimum absolute atomic E-state index is 0.0180. The van der Waals surface area contributed by atoms with Crippen molar-refractivity contribution in [1.29, 1.82) is 0 Å². The molecule has 0 aromatic heterocycles. The van der Waals surface area contributed by atoms with Crippen LogP contribution in [-0.4, -0.2) is 45.6 Å². The number of amides is 1. The zero-order valence-corrected chi connectivity index (χ0v) is 19.6. The summed E-state index contributed by atoms with van der Waals surface area (Å²) >= 11 is 7.46. The van der Waals surface area contributed by atoms with Crippen LogP contribution in [0.5, 0.6) is 11.5 Å². The van der Waals surface area contributed by atoms with E-state index in [2.05, 4.69) is 10.0 Å². The number of carbonyl (C=O) groups is 1. The molecule has 31 heavy (non-hydrogen) atoms. The number of ether oxygens (including phenoxy) is 2. The molecule has 0 bridgehead atoms. The molecule has 0 fully saturated rings. The number of rotatable bonds is 9. The van der Waals surface area contributed by atoms with Crippen LogP contribution in [0, 0.1) is 0 Å². The summed E-state index contributed by atoms with van der Waals surface area (Å²) in [5.74, 6) is 1.10. The van der Waals surface area contributed by atoms with Crippen molar-refractivity contribution in [3.05, 3.63) is 53.1 Å². The predicted molar refractivity (Wildman–Crippen MR) is 123 cm³/mol. The van der Waals surface area contributed by atoms with Crippen molar-refractivity contribution in [3.63, 3.8) is 0 Å². The third-order valence-corrected chi connectivity index (χ3v) is 7.14. The Balaban J connectivity index is 1.74. The molecule has 2 aromatic carbocycles. The lowest BCUT2D eigenvalue weighted by atomic mass is 10.1. The third-order valence-electron chi connectivity index (χ3n) is 4.78. The number of halogens is 1. The van der Waals surface area contributed by atoms with Gasteiger partial charge in [-0.3, -0.25) is 4.79 Å². The van der Waals surface area contributed by atoms with Crippen LogP contribution < -0.4 is 19.5 Å². The molecule has 0 aliphatic carbocycles. The lowest BCUT2D eigenvalue weighted by molar-refractivity contribution is -0.123. The maximum Gasteiger partial charge on any atom is 0.241 e. The van der Waals surface area contributed by atoms with Gasteiger partial charge in [-0.05, 0) is 55.2 Å². The quantitative estimate of drug-likeness (QED) is 0.566. The summed E-state index contributed by atoms with van der Waals surface area (Å²) in [6.45, 7) is 2.60. The molecule has 0 radical (unpaired) electrons. The smallest absolute Gasteiger partial charge is 0.241 e. The van der Waals surface area contributed by atoms with Gasteiger partial charge in [0, 0.05) is 11.1 Å². The number of hydrogen-bond acceptors (Lipinski definition) is 6. The molecule has 0 saturated carbocycles. The van der Waals surface area contributed by atoms with E-state index in [-0.39, 0.29) is 10.9 Å². The summed E-state index contributed by atoms with van der Waals surface area (Å²) in [7, 11) is -3.95. The topological polar surface area (TPSA) is 93.7 Å². The molecule has 7 nitrogen and oxygen atoms in total. The van der Waals surface area contributed by atoms with Crippen molar-refractivity contribution in [2.24, 2.45) is 0 Å². The Morgan fingerprint density at radius 1 is 1.13 bits per heavy atom. The average Bonchev–Trinajstić information content (AvgIpc) is 2.76. The molecular weight excluding hydrogens is 460 g/mol. The Kier molecular flexibility index (Phi) is 8.10. The van der Waals surface area contributed by atoms with Gasteiger partial charge in [-0.25, -0.2) is 8.42 Å². The van der Waals surface area contributed by atoms with E-state index in [1.54, 1.807) is 18.2 Å². The molecule has 1 amide bonds. The van der Waals surface area contributed by atoms with Gasteiger partial charge in [-0.2, -0.15) is 16.5 Å². The molecule has 1 heterocycles. The first-order chi connectivity index (χ1) is 14.8. The first-order valence-corrected chi connectivity index (χ1v) is 13.0. The highest BCUT2D eigenvalue weighted by molar-refractivity contribution is 7.98. The van der Waals surface area contributed by atoms with Gasteiger partial charge in [-0.1, -0.05) is 23.7 Å². The number of thioether (sulfide) groups is 1. The van der Waals surface area contributed by atoms with Gasteiger partial charge in [0.15, 0.2) is 11.5 Å². The lowest BCUT2D eigenvalue weighted by Gasteiger charge is -2.22. The Bertz CT molecular complexity index is 1010. The van der Waals surface area contributed by atoms with Crippen LogP contribution in [0.15, 0.2) is 47.4 Å². The highest BCUT2D eigenvalue weighted by atomic mass is 35.5. The van der Waals surface area contributed by atoms with E-state index in [1.807, 2.05) is 25.3 Å². The number of benzene rings is 2. The van der Waals surface area contributed by atoms with Crippen molar-refractivity contribution in [2.75, 3.05) is 25.2 Å². The van der Waals surface area contributed by atoms with Gasteiger partial charge in [0.05, 0.1) is 10.9 Å². The van der Waals surface area contributed by atoms with Crippen LogP contribution in [0.3, 0.4) is 0 Å². The molecule has 3 rings (SSSR count). The number of sulfonamides is 1. The second-order valence-corrected chi connectivity index (χ2v) is 10.2. The summed E-state index contributed by atoms with van der Waals surface area (Å²) in [5.41, 5.74) is 0.871. The largest absolute Gasteiger partial charge is 0.486 e. The fraction of sp³-hybridized carbons (Fsp3) is 0.381. The molecule has 2 atom stereocenters. The second kappa shape index (κ2) is 10.6. The summed E-state index contributed by atoms with van der Waals surface area (Å²) < 4.78 is 39.4. The molecule has 2 unspecified atom stereocenters. The molecule has 2 aromatic rings. The van der Waals surface area contributed by atoms with Crippen LogP contribution in [0.25, 0.3) is 0 Å². The highest BCUT2D eigenvalue weighted by Crippen LogP contribution is 2.32. The van der Waals surface area contributed by atoms with Crippen LogP contribution in [0.1, 0.15) is 24.9 Å². The molecule has 168 valence electrons. The zero-order chi connectivity index (χ0) is 22.4. The maximum absolute atomic E-state index is 13.0. The minimum Gasteiger partial charge on any atom is -0.486 e. The number of carbonyl (C=O) groups excluding carboxylic acids is 1. The Hall–Kier alpha value is -1.94. The van der Waals surface area contributed by atoms with Crippen molar-refractivity contribution >= 4 is 39.3 Å². The van der Waals surface area contributed by atoms with Gasteiger partial charge in [0.25, 0.3) is 0 Å². The first-order valence-electron chi connectivity index (χ1n) is 9.77. The molecule has 0 saturated heterocycles. The van der Waals surface area contributed by atoms with Gasteiger partial charge >= 0.3 is 0 Å². The predicted octanol–water partition coefficient (Wildman–Crippen LogP) is 3.39. The van der Waals surface area contributed by atoms with E-state index in [9.17, 15) is 13.2 Å². The molecule has 1 aliphatic rings. The Morgan fingerprint density at radius 2 is 1.81 bits per heavy atom.